The summed E-state index contributed by atoms with van der Waals surface area (Å²) in [5.74, 6) is -2.42. The van der Waals surface area contributed by atoms with Crippen molar-refractivity contribution in [2.24, 2.45) is 0 Å². The Balaban J connectivity index is 1.88. The van der Waals surface area contributed by atoms with Gasteiger partial charge in [0.1, 0.15) is 11.6 Å². The van der Waals surface area contributed by atoms with Crippen LogP contribution in [0.4, 0.5) is 8.78 Å². The van der Waals surface area contributed by atoms with E-state index in [1.54, 1.807) is 12.1 Å². The first kappa shape index (κ1) is 17.5. The lowest BCUT2D eigenvalue weighted by Crippen LogP contribution is -2.19. The summed E-state index contributed by atoms with van der Waals surface area (Å²) in [6.45, 7) is -0.0846. The second kappa shape index (κ2) is 7.26. The molecule has 7 heteroatoms. The first-order chi connectivity index (χ1) is 12.4. The minimum atomic E-state index is -1.14. The van der Waals surface area contributed by atoms with Crippen LogP contribution in [0.25, 0.3) is 0 Å². The molecular weight excluding hydrogens is 342 g/mol. The Kier molecular flexibility index (Phi) is 4.88. The summed E-state index contributed by atoms with van der Waals surface area (Å²) in [6, 6.07) is 8.02. The predicted molar refractivity (Wildman–Crippen MR) is 90.2 cm³/mol. The van der Waals surface area contributed by atoms with Gasteiger partial charge in [-0.3, -0.25) is 9.78 Å². The molecule has 0 aliphatic rings. The Morgan fingerprint density at radius 2 is 1.81 bits per heavy atom. The summed E-state index contributed by atoms with van der Waals surface area (Å²) in [6.07, 6.45) is 4.09. The number of halogens is 2. The summed E-state index contributed by atoms with van der Waals surface area (Å²) in [7, 11) is 0. The third kappa shape index (κ3) is 3.83. The van der Waals surface area contributed by atoms with Crippen LogP contribution in [-0.4, -0.2) is 20.6 Å². The number of carbonyl (C=O) groups is 1. The molecule has 0 saturated heterocycles. The van der Waals surface area contributed by atoms with Gasteiger partial charge < -0.3 is 9.67 Å². The molecule has 0 aliphatic heterocycles. The van der Waals surface area contributed by atoms with E-state index in [1.807, 2.05) is 0 Å². The van der Waals surface area contributed by atoms with Gasteiger partial charge in [0.25, 0.3) is 5.56 Å². The second-order valence-corrected chi connectivity index (χ2v) is 5.77. The van der Waals surface area contributed by atoms with Gasteiger partial charge in [0.05, 0.1) is 12.1 Å². The lowest BCUT2D eigenvalue weighted by atomic mass is 10.0. The highest BCUT2D eigenvalue weighted by molar-refractivity contribution is 5.87. The van der Waals surface area contributed by atoms with Crippen LogP contribution in [-0.2, 0) is 13.0 Å². The molecule has 0 aliphatic carbocycles. The van der Waals surface area contributed by atoms with Crippen molar-refractivity contribution >= 4 is 5.97 Å². The zero-order chi connectivity index (χ0) is 18.7. The molecular formula is C19H14F2N2O3. The van der Waals surface area contributed by atoms with Gasteiger partial charge in [0, 0.05) is 36.6 Å². The average molecular weight is 356 g/mol. The van der Waals surface area contributed by atoms with E-state index in [4.69, 9.17) is 5.11 Å². The lowest BCUT2D eigenvalue weighted by molar-refractivity contribution is 0.0696. The second-order valence-electron chi connectivity index (χ2n) is 5.77. The highest BCUT2D eigenvalue weighted by atomic mass is 19.1. The number of carboxylic acids is 1. The number of aromatic carboxylic acids is 1. The van der Waals surface area contributed by atoms with Crippen molar-refractivity contribution in [3.63, 3.8) is 0 Å². The van der Waals surface area contributed by atoms with Crippen LogP contribution in [0.15, 0.2) is 59.8 Å². The van der Waals surface area contributed by atoms with E-state index in [0.29, 0.717) is 5.56 Å². The Morgan fingerprint density at radius 1 is 1.08 bits per heavy atom. The molecule has 2 aromatic heterocycles. The molecule has 5 nitrogen and oxygen atoms in total. The monoisotopic (exact) mass is 356 g/mol. The van der Waals surface area contributed by atoms with E-state index in [-0.39, 0.29) is 35.2 Å². The molecule has 26 heavy (non-hydrogen) atoms. The van der Waals surface area contributed by atoms with Crippen LogP contribution in [0.1, 0.15) is 27.0 Å². The van der Waals surface area contributed by atoms with Crippen LogP contribution in [0.2, 0.25) is 0 Å². The molecule has 0 unspecified atom stereocenters. The van der Waals surface area contributed by atoms with Crippen molar-refractivity contribution in [1.29, 1.82) is 0 Å². The molecule has 0 atom stereocenters. The average Bonchev–Trinajstić information content (AvgIpc) is 2.61. The molecule has 132 valence electrons. The fraction of sp³-hybridized carbons (Fsp3) is 0.105. The summed E-state index contributed by atoms with van der Waals surface area (Å²) in [4.78, 5) is 26.5. The number of rotatable bonds is 5. The number of hydrogen-bond donors (Lipinski definition) is 1. The van der Waals surface area contributed by atoms with Crippen molar-refractivity contribution in [3.05, 3.63) is 99.2 Å². The van der Waals surface area contributed by atoms with Crippen molar-refractivity contribution < 1.29 is 18.7 Å². The number of pyridine rings is 2. The Labute approximate surface area is 147 Å². The molecule has 0 saturated carbocycles. The van der Waals surface area contributed by atoms with E-state index < -0.39 is 17.6 Å². The maximum atomic E-state index is 14.4. The molecule has 0 radical (unpaired) electrons. The van der Waals surface area contributed by atoms with Gasteiger partial charge in [-0.2, -0.15) is 0 Å². The largest absolute Gasteiger partial charge is 0.478 e. The van der Waals surface area contributed by atoms with Crippen LogP contribution in [0.5, 0.6) is 0 Å². The van der Waals surface area contributed by atoms with E-state index in [1.165, 1.54) is 35.3 Å². The zero-order valence-electron chi connectivity index (χ0n) is 13.5. The lowest BCUT2D eigenvalue weighted by Gasteiger charge is -2.10. The minimum Gasteiger partial charge on any atom is -0.478 e. The van der Waals surface area contributed by atoms with Crippen molar-refractivity contribution in [2.45, 2.75) is 13.0 Å². The molecule has 1 N–H and O–H groups in total. The third-order valence-electron chi connectivity index (χ3n) is 3.89. The van der Waals surface area contributed by atoms with E-state index in [9.17, 15) is 18.4 Å². The fourth-order valence-electron chi connectivity index (χ4n) is 2.58. The molecule has 3 rings (SSSR count). The van der Waals surface area contributed by atoms with Gasteiger partial charge in [-0.15, -0.1) is 0 Å². The number of benzene rings is 1. The fourth-order valence-corrected chi connectivity index (χ4v) is 2.58. The van der Waals surface area contributed by atoms with E-state index in [2.05, 4.69) is 4.98 Å². The maximum Gasteiger partial charge on any atom is 0.337 e. The van der Waals surface area contributed by atoms with Crippen LogP contribution >= 0.6 is 0 Å². The standard InChI is InChI=1S/C19H14F2N2O3/c20-16-8-15(11-23-4-2-1-3-18(23)24)17(21)7-13(16)5-12-6-14(19(25)26)10-22-9-12/h1-4,6-10H,5,11H2,(H,25,26). The smallest absolute Gasteiger partial charge is 0.337 e. The van der Waals surface area contributed by atoms with Crippen LogP contribution in [0.3, 0.4) is 0 Å². The highest BCUT2D eigenvalue weighted by Crippen LogP contribution is 2.19. The molecule has 0 amide bonds. The molecule has 3 aromatic rings. The van der Waals surface area contributed by atoms with E-state index >= 15 is 0 Å². The Bertz CT molecular complexity index is 1030. The van der Waals surface area contributed by atoms with Gasteiger partial charge in [0.15, 0.2) is 0 Å². The van der Waals surface area contributed by atoms with Gasteiger partial charge in [0.2, 0.25) is 0 Å². The predicted octanol–water partition coefficient (Wildman–Crippen LogP) is 2.86. The SMILES string of the molecule is O=C(O)c1cncc(Cc2cc(F)c(Cn3ccccc3=O)cc2F)c1. The van der Waals surface area contributed by atoms with Gasteiger partial charge in [-0.25, -0.2) is 13.6 Å². The number of carboxylic acid groups (broad SMARTS) is 1. The van der Waals surface area contributed by atoms with Crippen molar-refractivity contribution in [2.75, 3.05) is 0 Å². The Hall–Kier alpha value is -3.35. The van der Waals surface area contributed by atoms with Gasteiger partial charge >= 0.3 is 5.97 Å². The zero-order valence-corrected chi connectivity index (χ0v) is 13.5. The highest BCUT2D eigenvalue weighted by Gasteiger charge is 2.13. The number of nitrogens with zero attached hydrogens (tertiary/aromatic N) is 2. The summed E-state index contributed by atoms with van der Waals surface area (Å²) in [5.41, 5.74) is 0.250. The van der Waals surface area contributed by atoms with Crippen LogP contribution < -0.4 is 5.56 Å². The molecule has 0 bridgehead atoms. The van der Waals surface area contributed by atoms with E-state index in [0.717, 1.165) is 12.1 Å². The van der Waals surface area contributed by atoms with Gasteiger partial charge in [-0.1, -0.05) is 6.07 Å². The first-order valence-electron chi connectivity index (χ1n) is 7.73. The summed E-state index contributed by atoms with van der Waals surface area (Å²) >= 11 is 0. The summed E-state index contributed by atoms with van der Waals surface area (Å²) in [5, 5.41) is 8.97. The van der Waals surface area contributed by atoms with Crippen molar-refractivity contribution in [1.82, 2.24) is 9.55 Å². The topological polar surface area (TPSA) is 72.2 Å². The molecule has 2 heterocycles. The van der Waals surface area contributed by atoms with Crippen LogP contribution in [0, 0.1) is 11.6 Å². The Morgan fingerprint density at radius 3 is 2.54 bits per heavy atom. The summed E-state index contributed by atoms with van der Waals surface area (Å²) < 4.78 is 30.0. The molecule has 0 spiro atoms. The molecule has 1 aromatic carbocycles. The quantitative estimate of drug-likeness (QED) is 0.763. The number of hydrogen-bond acceptors (Lipinski definition) is 3. The normalized spacial score (nSPS) is 10.7. The van der Waals surface area contributed by atoms with Crippen molar-refractivity contribution in [3.8, 4) is 0 Å². The third-order valence-corrected chi connectivity index (χ3v) is 3.89. The minimum absolute atomic E-state index is 0.00242. The molecule has 0 fully saturated rings. The van der Waals surface area contributed by atoms with Gasteiger partial charge in [-0.05, 0) is 35.4 Å². The number of aromatic nitrogens is 2. The first-order valence-corrected chi connectivity index (χ1v) is 7.73. The maximum absolute atomic E-state index is 14.4.